The number of benzene rings is 1. The summed E-state index contributed by atoms with van der Waals surface area (Å²) in [7, 11) is 1.85. The maximum absolute atomic E-state index is 11.6. The van der Waals surface area contributed by atoms with Crippen LogP contribution >= 0.6 is 0 Å². The second-order valence-electron chi connectivity index (χ2n) is 4.56. The number of hydrogen-bond acceptors (Lipinski definition) is 4. The molecule has 1 unspecified atom stereocenters. The molecule has 1 rings (SSSR count). The van der Waals surface area contributed by atoms with E-state index in [-0.39, 0.29) is 11.6 Å². The lowest BCUT2D eigenvalue weighted by Gasteiger charge is -2.10. The zero-order valence-corrected chi connectivity index (χ0v) is 11.6. The largest absolute Gasteiger partial charge is 0.352 e. The zero-order valence-electron chi connectivity index (χ0n) is 11.6. The number of carbonyl (C=O) groups is 1. The molecule has 2 N–H and O–H groups in total. The van der Waals surface area contributed by atoms with E-state index in [1.54, 1.807) is 18.2 Å². The molecule has 6 nitrogen and oxygen atoms in total. The van der Waals surface area contributed by atoms with Crippen LogP contribution in [0.4, 0.5) is 5.69 Å². The quantitative estimate of drug-likeness (QED) is 0.450. The lowest BCUT2D eigenvalue weighted by Crippen LogP contribution is -2.31. The van der Waals surface area contributed by atoms with Gasteiger partial charge in [0.2, 0.25) is 5.91 Å². The van der Waals surface area contributed by atoms with Crippen molar-refractivity contribution in [1.29, 1.82) is 0 Å². The molecule has 0 aliphatic rings. The summed E-state index contributed by atoms with van der Waals surface area (Å²) in [5.41, 5.74) is 0.399. The number of carbonyl (C=O) groups excluding carboxylic acids is 1. The summed E-state index contributed by atoms with van der Waals surface area (Å²) >= 11 is 0. The van der Waals surface area contributed by atoms with Crippen molar-refractivity contribution in [3.8, 4) is 0 Å². The Labute approximate surface area is 118 Å². The maximum atomic E-state index is 11.6. The van der Waals surface area contributed by atoms with Gasteiger partial charge < -0.3 is 10.6 Å². The first-order chi connectivity index (χ1) is 9.54. The van der Waals surface area contributed by atoms with Gasteiger partial charge in [-0.2, -0.15) is 0 Å². The Bertz CT molecular complexity index is 500. The third-order valence-corrected chi connectivity index (χ3v) is 2.73. The molecule has 20 heavy (non-hydrogen) atoms. The van der Waals surface area contributed by atoms with Crippen molar-refractivity contribution < 1.29 is 9.72 Å². The summed E-state index contributed by atoms with van der Waals surface area (Å²) in [5, 5.41) is 16.6. The maximum Gasteiger partial charge on any atom is 0.276 e. The minimum atomic E-state index is -0.466. The molecular formula is C14H19N3O3. The van der Waals surface area contributed by atoms with Crippen LogP contribution < -0.4 is 10.6 Å². The molecule has 108 valence electrons. The van der Waals surface area contributed by atoms with Gasteiger partial charge in [0.05, 0.1) is 10.5 Å². The molecule has 1 aromatic rings. The van der Waals surface area contributed by atoms with Crippen LogP contribution in [0.3, 0.4) is 0 Å². The van der Waals surface area contributed by atoms with Gasteiger partial charge in [-0.3, -0.25) is 14.9 Å². The highest BCUT2D eigenvalue weighted by atomic mass is 16.6. The number of nitrogens with zero attached hydrogens (tertiary/aromatic N) is 1. The summed E-state index contributed by atoms with van der Waals surface area (Å²) in [6.07, 6.45) is 2.77. The topological polar surface area (TPSA) is 84.3 Å². The third-order valence-electron chi connectivity index (χ3n) is 2.73. The van der Waals surface area contributed by atoms with Gasteiger partial charge in [0.15, 0.2) is 0 Å². The second-order valence-corrected chi connectivity index (χ2v) is 4.56. The number of amides is 1. The fourth-order valence-corrected chi connectivity index (χ4v) is 1.71. The number of nitro benzene ring substituents is 1. The van der Waals surface area contributed by atoms with Crippen LogP contribution in [-0.4, -0.2) is 31.0 Å². The first-order valence-electron chi connectivity index (χ1n) is 6.38. The normalized spacial score (nSPS) is 12.3. The number of para-hydroxylation sites is 1. The van der Waals surface area contributed by atoms with Gasteiger partial charge in [-0.25, -0.2) is 0 Å². The van der Waals surface area contributed by atoms with E-state index in [9.17, 15) is 14.9 Å². The first-order valence-corrected chi connectivity index (χ1v) is 6.38. The lowest BCUT2D eigenvalue weighted by atomic mass is 10.1. The van der Waals surface area contributed by atoms with E-state index in [1.807, 2.05) is 14.0 Å². The molecule has 0 aromatic heterocycles. The Hall–Kier alpha value is -2.21. The molecule has 0 heterocycles. The summed E-state index contributed by atoms with van der Waals surface area (Å²) in [4.78, 5) is 22.0. The lowest BCUT2D eigenvalue weighted by molar-refractivity contribution is -0.385. The number of nitro groups is 1. The highest BCUT2D eigenvalue weighted by Gasteiger charge is 2.09. The van der Waals surface area contributed by atoms with Crippen LogP contribution in [0, 0.1) is 16.0 Å². The van der Waals surface area contributed by atoms with Crippen molar-refractivity contribution in [2.45, 2.75) is 6.92 Å². The third kappa shape index (κ3) is 5.19. The minimum Gasteiger partial charge on any atom is -0.352 e. The Morgan fingerprint density at radius 1 is 1.40 bits per heavy atom. The highest BCUT2D eigenvalue weighted by Crippen LogP contribution is 2.18. The molecule has 0 aliphatic carbocycles. The fraction of sp³-hybridized carbons (Fsp3) is 0.357. The van der Waals surface area contributed by atoms with Crippen LogP contribution in [0.15, 0.2) is 30.3 Å². The summed E-state index contributed by atoms with van der Waals surface area (Å²) in [6.45, 7) is 3.39. The molecular weight excluding hydrogens is 258 g/mol. The number of rotatable bonds is 7. The van der Waals surface area contributed by atoms with Gasteiger partial charge in [0, 0.05) is 18.7 Å². The van der Waals surface area contributed by atoms with Crippen molar-refractivity contribution >= 4 is 17.7 Å². The second kappa shape index (κ2) is 8.06. The molecule has 0 aliphatic heterocycles. The van der Waals surface area contributed by atoms with Gasteiger partial charge >= 0.3 is 0 Å². The molecule has 1 atom stereocenters. The Kier molecular flexibility index (Phi) is 6.39. The summed E-state index contributed by atoms with van der Waals surface area (Å²) in [6, 6.07) is 6.30. The van der Waals surface area contributed by atoms with E-state index in [4.69, 9.17) is 0 Å². The van der Waals surface area contributed by atoms with Gasteiger partial charge in [-0.15, -0.1) is 0 Å². The van der Waals surface area contributed by atoms with E-state index in [0.29, 0.717) is 18.0 Å². The van der Waals surface area contributed by atoms with Crippen LogP contribution in [-0.2, 0) is 4.79 Å². The van der Waals surface area contributed by atoms with E-state index in [1.165, 1.54) is 18.2 Å². The first kappa shape index (κ1) is 15.8. The van der Waals surface area contributed by atoms with Crippen molar-refractivity contribution in [2.75, 3.05) is 20.1 Å². The number of hydrogen-bond donors (Lipinski definition) is 2. The van der Waals surface area contributed by atoms with E-state index in [2.05, 4.69) is 10.6 Å². The molecule has 0 radical (unpaired) electrons. The number of nitrogens with one attached hydrogen (secondary N) is 2. The van der Waals surface area contributed by atoms with Crippen LogP contribution in [0.2, 0.25) is 0 Å². The zero-order chi connectivity index (χ0) is 15.0. The van der Waals surface area contributed by atoms with Crippen molar-refractivity contribution in [1.82, 2.24) is 10.6 Å². The van der Waals surface area contributed by atoms with Crippen molar-refractivity contribution in [2.24, 2.45) is 5.92 Å². The van der Waals surface area contributed by atoms with E-state index in [0.717, 1.165) is 6.54 Å². The van der Waals surface area contributed by atoms with Crippen molar-refractivity contribution in [3.05, 3.63) is 46.0 Å². The molecule has 0 bridgehead atoms. The monoisotopic (exact) mass is 277 g/mol. The van der Waals surface area contributed by atoms with Gasteiger partial charge in [0.1, 0.15) is 0 Å². The molecule has 0 fully saturated rings. The smallest absolute Gasteiger partial charge is 0.276 e. The van der Waals surface area contributed by atoms with E-state index < -0.39 is 4.92 Å². The van der Waals surface area contributed by atoms with E-state index >= 15 is 0 Å². The standard InChI is InChI=1S/C14H19N3O3/c1-11(9-15-2)10-16-14(18)8-7-12-5-3-4-6-13(12)17(19)20/h3-8,11,15H,9-10H2,1-2H3,(H,16,18)/b8-7+. The molecule has 1 amide bonds. The van der Waals surface area contributed by atoms with Gasteiger partial charge in [-0.1, -0.05) is 19.1 Å². The van der Waals surface area contributed by atoms with Crippen LogP contribution in [0.1, 0.15) is 12.5 Å². The van der Waals surface area contributed by atoms with Gasteiger partial charge in [-0.05, 0) is 31.7 Å². The van der Waals surface area contributed by atoms with Crippen LogP contribution in [0.5, 0.6) is 0 Å². The highest BCUT2D eigenvalue weighted by molar-refractivity contribution is 5.92. The Morgan fingerprint density at radius 2 is 2.10 bits per heavy atom. The summed E-state index contributed by atoms with van der Waals surface area (Å²) < 4.78 is 0. The van der Waals surface area contributed by atoms with Crippen molar-refractivity contribution in [3.63, 3.8) is 0 Å². The van der Waals surface area contributed by atoms with Crippen LogP contribution in [0.25, 0.3) is 6.08 Å². The summed E-state index contributed by atoms with van der Waals surface area (Å²) in [5.74, 6) is 0.0644. The predicted molar refractivity (Wildman–Crippen MR) is 78.2 cm³/mol. The average Bonchev–Trinajstić information content (AvgIpc) is 2.43. The molecule has 1 aromatic carbocycles. The minimum absolute atomic E-state index is 0.0138. The molecule has 0 saturated carbocycles. The SMILES string of the molecule is CNCC(C)CNC(=O)/C=C/c1ccccc1[N+](=O)[O-]. The fourth-order valence-electron chi connectivity index (χ4n) is 1.71. The predicted octanol–water partition coefficient (Wildman–Crippen LogP) is 1.58. The van der Waals surface area contributed by atoms with Gasteiger partial charge in [0.25, 0.3) is 5.69 Å². The average molecular weight is 277 g/mol. The molecule has 6 heteroatoms. The molecule has 0 spiro atoms. The molecule has 0 saturated heterocycles. The Morgan fingerprint density at radius 3 is 2.75 bits per heavy atom. The Balaban J connectivity index is 2.60.